The van der Waals surface area contributed by atoms with Gasteiger partial charge >= 0.3 is 0 Å². The first-order valence-electron chi connectivity index (χ1n) is 5.94. The third-order valence-electron chi connectivity index (χ3n) is 2.74. The van der Waals surface area contributed by atoms with E-state index in [9.17, 15) is 17.6 Å². The summed E-state index contributed by atoms with van der Waals surface area (Å²) < 4.78 is 41.1. The number of carbonyl (C=O) groups is 1. The van der Waals surface area contributed by atoms with E-state index in [-0.39, 0.29) is 10.0 Å². The number of sulfonamides is 1. The van der Waals surface area contributed by atoms with Crippen LogP contribution in [0.15, 0.2) is 21.5 Å². The highest BCUT2D eigenvalue weighted by molar-refractivity contribution is 9.10. The van der Waals surface area contributed by atoms with E-state index in [0.29, 0.717) is 19.6 Å². The fourth-order valence-corrected chi connectivity index (χ4v) is 3.21. The van der Waals surface area contributed by atoms with Crippen LogP contribution in [-0.2, 0) is 14.8 Å². The molecule has 0 fully saturated rings. The zero-order valence-electron chi connectivity index (χ0n) is 11.6. The number of methoxy groups -OCH3 is 1. The van der Waals surface area contributed by atoms with Crippen LogP contribution in [0.4, 0.5) is 4.39 Å². The van der Waals surface area contributed by atoms with Crippen molar-refractivity contribution in [1.82, 2.24) is 4.90 Å². The summed E-state index contributed by atoms with van der Waals surface area (Å²) in [6.45, 7) is 0.879. The van der Waals surface area contributed by atoms with Gasteiger partial charge in [0.2, 0.25) is 10.0 Å². The van der Waals surface area contributed by atoms with Gasteiger partial charge in [0.05, 0.1) is 9.37 Å². The maximum atomic E-state index is 13.7. The van der Waals surface area contributed by atoms with Gasteiger partial charge < -0.3 is 9.64 Å². The fourth-order valence-electron chi connectivity index (χ4n) is 1.66. The number of carbonyl (C=O) groups excluding carboxylic acids is 1. The van der Waals surface area contributed by atoms with Crippen LogP contribution in [0, 0.1) is 5.82 Å². The van der Waals surface area contributed by atoms with Gasteiger partial charge in [-0.15, -0.1) is 0 Å². The molecule has 0 aliphatic carbocycles. The first kappa shape index (κ1) is 18.0. The van der Waals surface area contributed by atoms with E-state index in [4.69, 9.17) is 9.88 Å². The van der Waals surface area contributed by atoms with E-state index in [1.54, 1.807) is 7.11 Å². The molecule has 9 heteroatoms. The molecule has 6 nitrogen and oxygen atoms in total. The summed E-state index contributed by atoms with van der Waals surface area (Å²) in [5.41, 5.74) is -0.0837. The van der Waals surface area contributed by atoms with Crippen LogP contribution in [0.1, 0.15) is 16.8 Å². The summed E-state index contributed by atoms with van der Waals surface area (Å²) in [4.78, 5) is 13.0. The molecule has 1 amide bonds. The van der Waals surface area contributed by atoms with E-state index >= 15 is 0 Å². The minimum Gasteiger partial charge on any atom is -0.385 e. The van der Waals surface area contributed by atoms with Gasteiger partial charge in [-0.2, -0.15) is 0 Å². The van der Waals surface area contributed by atoms with Crippen LogP contribution in [0.2, 0.25) is 0 Å². The van der Waals surface area contributed by atoms with Crippen LogP contribution in [-0.4, -0.2) is 46.5 Å². The van der Waals surface area contributed by atoms with Crippen LogP contribution < -0.4 is 5.14 Å². The lowest BCUT2D eigenvalue weighted by Crippen LogP contribution is -2.29. The number of nitrogens with two attached hydrogens (primary N) is 1. The van der Waals surface area contributed by atoms with E-state index < -0.39 is 26.6 Å². The summed E-state index contributed by atoms with van der Waals surface area (Å²) in [7, 11) is -1.05. The maximum absolute atomic E-state index is 13.7. The molecule has 0 unspecified atom stereocenters. The van der Waals surface area contributed by atoms with Crippen molar-refractivity contribution in [1.29, 1.82) is 0 Å². The summed E-state index contributed by atoms with van der Waals surface area (Å²) in [6.07, 6.45) is 0.611. The number of hydrogen-bond donors (Lipinski definition) is 1. The molecule has 0 atom stereocenters. The molecule has 0 aromatic heterocycles. The summed E-state index contributed by atoms with van der Waals surface area (Å²) >= 11 is 2.81. The molecule has 0 saturated carbocycles. The number of rotatable bonds is 6. The average Bonchev–Trinajstić information content (AvgIpc) is 2.39. The minimum atomic E-state index is -4.14. The smallest absolute Gasteiger partial charge is 0.253 e. The van der Waals surface area contributed by atoms with Crippen molar-refractivity contribution in [3.63, 3.8) is 0 Å². The van der Waals surface area contributed by atoms with Crippen molar-refractivity contribution >= 4 is 31.9 Å². The molecule has 118 valence electrons. The van der Waals surface area contributed by atoms with Gasteiger partial charge in [0.15, 0.2) is 0 Å². The van der Waals surface area contributed by atoms with Gasteiger partial charge in [-0.05, 0) is 34.5 Å². The Kier molecular flexibility index (Phi) is 6.26. The predicted octanol–water partition coefficient (Wildman–Crippen LogP) is 1.34. The SMILES string of the molecule is COCCCN(C)C(=O)c1cc(F)c(Br)c(S(N)(=O)=O)c1. The lowest BCUT2D eigenvalue weighted by atomic mass is 10.2. The zero-order chi connectivity index (χ0) is 16.2. The largest absolute Gasteiger partial charge is 0.385 e. The third-order valence-corrected chi connectivity index (χ3v) is 4.74. The van der Waals surface area contributed by atoms with Crippen molar-refractivity contribution in [3.05, 3.63) is 28.0 Å². The van der Waals surface area contributed by atoms with Gasteiger partial charge in [0, 0.05) is 32.9 Å². The molecule has 0 bridgehead atoms. The Hall–Kier alpha value is -1.03. The number of hydrogen-bond acceptors (Lipinski definition) is 4. The number of amides is 1. The van der Waals surface area contributed by atoms with Gasteiger partial charge in [0.25, 0.3) is 5.91 Å². The van der Waals surface area contributed by atoms with Crippen LogP contribution >= 0.6 is 15.9 Å². The number of benzene rings is 1. The second kappa shape index (κ2) is 7.30. The van der Waals surface area contributed by atoms with Crippen molar-refractivity contribution < 1.29 is 22.3 Å². The quantitative estimate of drug-likeness (QED) is 0.751. The van der Waals surface area contributed by atoms with Crippen LogP contribution in [0.3, 0.4) is 0 Å². The molecule has 0 aliphatic heterocycles. The highest BCUT2D eigenvalue weighted by atomic mass is 79.9. The normalized spacial score (nSPS) is 11.5. The van der Waals surface area contributed by atoms with Gasteiger partial charge in [-0.1, -0.05) is 0 Å². The molecule has 0 spiro atoms. The second-order valence-corrected chi connectivity index (χ2v) is 6.71. The average molecular weight is 383 g/mol. The highest BCUT2D eigenvalue weighted by Gasteiger charge is 2.21. The Morgan fingerprint density at radius 2 is 2.10 bits per heavy atom. The molecule has 21 heavy (non-hydrogen) atoms. The lowest BCUT2D eigenvalue weighted by molar-refractivity contribution is 0.0778. The Morgan fingerprint density at radius 3 is 2.62 bits per heavy atom. The topological polar surface area (TPSA) is 89.7 Å². The Labute approximate surface area is 131 Å². The molecule has 2 N–H and O–H groups in total. The molecule has 0 saturated heterocycles. The second-order valence-electron chi connectivity index (χ2n) is 4.39. The molecule has 1 rings (SSSR count). The summed E-state index contributed by atoms with van der Waals surface area (Å²) in [5.74, 6) is -1.36. The maximum Gasteiger partial charge on any atom is 0.253 e. The van der Waals surface area contributed by atoms with Gasteiger partial charge in [0.1, 0.15) is 5.82 Å². The number of halogens is 2. The molecular weight excluding hydrogens is 367 g/mol. The molecular formula is C12H16BrFN2O4S. The van der Waals surface area contributed by atoms with E-state index in [1.807, 2.05) is 0 Å². The molecule has 0 radical (unpaired) electrons. The Balaban J connectivity index is 3.09. The lowest BCUT2D eigenvalue weighted by Gasteiger charge is -2.17. The summed E-state index contributed by atoms with van der Waals surface area (Å²) in [5, 5.41) is 5.00. The molecule has 0 heterocycles. The fraction of sp³-hybridized carbons (Fsp3) is 0.417. The standard InChI is InChI=1S/C12H16BrFN2O4S/c1-16(4-3-5-20-2)12(17)8-6-9(14)11(13)10(7-8)21(15,18)19/h6-7H,3-5H2,1-2H3,(H2,15,18,19). The monoisotopic (exact) mass is 382 g/mol. The van der Waals surface area contributed by atoms with Crippen molar-refractivity contribution in [2.75, 3.05) is 27.3 Å². The van der Waals surface area contributed by atoms with Gasteiger partial charge in [-0.3, -0.25) is 4.79 Å². The number of primary sulfonamides is 1. The van der Waals surface area contributed by atoms with E-state index in [2.05, 4.69) is 15.9 Å². The predicted molar refractivity (Wildman–Crippen MR) is 78.9 cm³/mol. The number of nitrogens with zero attached hydrogens (tertiary/aromatic N) is 1. The molecule has 1 aromatic carbocycles. The van der Waals surface area contributed by atoms with Crippen LogP contribution in [0.5, 0.6) is 0 Å². The zero-order valence-corrected chi connectivity index (χ0v) is 14.0. The molecule has 0 aliphatic rings. The van der Waals surface area contributed by atoms with Crippen molar-refractivity contribution in [3.8, 4) is 0 Å². The van der Waals surface area contributed by atoms with E-state index in [1.165, 1.54) is 11.9 Å². The van der Waals surface area contributed by atoms with Crippen LogP contribution in [0.25, 0.3) is 0 Å². The first-order valence-corrected chi connectivity index (χ1v) is 8.28. The van der Waals surface area contributed by atoms with E-state index in [0.717, 1.165) is 12.1 Å². The first-order chi connectivity index (χ1) is 9.68. The Morgan fingerprint density at radius 1 is 1.48 bits per heavy atom. The number of ether oxygens (including phenoxy) is 1. The molecule has 1 aromatic rings. The summed E-state index contributed by atoms with van der Waals surface area (Å²) in [6, 6.07) is 2.02. The highest BCUT2D eigenvalue weighted by Crippen LogP contribution is 2.26. The Bertz CT molecular complexity index is 636. The van der Waals surface area contributed by atoms with Gasteiger partial charge in [-0.25, -0.2) is 17.9 Å². The third kappa shape index (κ3) is 4.73. The minimum absolute atomic E-state index is 0.0837. The van der Waals surface area contributed by atoms with Crippen molar-refractivity contribution in [2.45, 2.75) is 11.3 Å². The van der Waals surface area contributed by atoms with Crippen molar-refractivity contribution in [2.24, 2.45) is 5.14 Å².